The molecular weight excluding hydrogens is 293 g/mol. The van der Waals surface area contributed by atoms with Gasteiger partial charge in [0, 0.05) is 0 Å². The molecule has 3 unspecified atom stereocenters. The molecule has 2 N–H and O–H groups in total. The summed E-state index contributed by atoms with van der Waals surface area (Å²) in [5.41, 5.74) is 1.36. The number of amides is 1. The van der Waals surface area contributed by atoms with E-state index in [0.29, 0.717) is 0 Å². The van der Waals surface area contributed by atoms with Crippen molar-refractivity contribution in [2.75, 3.05) is 6.61 Å². The third-order valence-corrected chi connectivity index (χ3v) is 4.72. The third-order valence-electron chi connectivity index (χ3n) is 4.72. The monoisotopic (exact) mass is 313 g/mol. The molecule has 0 bridgehead atoms. The molecule has 0 spiro atoms. The number of benzene rings is 2. The summed E-state index contributed by atoms with van der Waals surface area (Å²) >= 11 is 0. The molecule has 23 heavy (non-hydrogen) atoms. The van der Waals surface area contributed by atoms with Gasteiger partial charge in [-0.25, -0.2) is 4.39 Å². The molecule has 1 fully saturated rings. The number of aliphatic hydroxyl groups is 1. The molecule has 2 aromatic rings. The average molecular weight is 313 g/mol. The minimum atomic E-state index is -0.500. The van der Waals surface area contributed by atoms with Gasteiger partial charge in [0.2, 0.25) is 5.91 Å². The van der Waals surface area contributed by atoms with Gasteiger partial charge in [0.15, 0.2) is 0 Å². The lowest BCUT2D eigenvalue weighted by atomic mass is 9.99. The lowest BCUT2D eigenvalue weighted by Gasteiger charge is -2.20. The first-order valence-corrected chi connectivity index (χ1v) is 7.77. The van der Waals surface area contributed by atoms with E-state index in [1.54, 1.807) is 12.1 Å². The van der Waals surface area contributed by atoms with Crippen LogP contribution in [0.3, 0.4) is 0 Å². The number of aliphatic hydroxyl groups excluding tert-OH is 1. The molecule has 1 aliphatic rings. The van der Waals surface area contributed by atoms with Crippen LogP contribution < -0.4 is 5.32 Å². The molecule has 3 nitrogen and oxygen atoms in total. The van der Waals surface area contributed by atoms with Gasteiger partial charge in [-0.3, -0.25) is 4.79 Å². The Labute approximate surface area is 135 Å². The van der Waals surface area contributed by atoms with Crippen molar-refractivity contribution in [1.82, 2.24) is 5.32 Å². The molecule has 0 aromatic heterocycles. The molecule has 0 radical (unpaired) electrons. The molecule has 1 saturated carbocycles. The van der Waals surface area contributed by atoms with E-state index in [0.717, 1.165) is 17.5 Å². The van der Waals surface area contributed by atoms with Crippen molar-refractivity contribution in [3.63, 3.8) is 0 Å². The van der Waals surface area contributed by atoms with E-state index in [1.807, 2.05) is 37.3 Å². The zero-order valence-corrected chi connectivity index (χ0v) is 13.0. The van der Waals surface area contributed by atoms with E-state index in [1.165, 1.54) is 12.1 Å². The molecule has 3 atom stereocenters. The Kier molecular flexibility index (Phi) is 4.18. The first kappa shape index (κ1) is 15.7. The molecule has 1 amide bonds. The number of nitrogens with one attached hydrogen (secondary N) is 1. The summed E-state index contributed by atoms with van der Waals surface area (Å²) in [4.78, 5) is 12.6. The molecule has 0 aliphatic heterocycles. The van der Waals surface area contributed by atoms with Crippen molar-refractivity contribution in [3.05, 3.63) is 71.5 Å². The highest BCUT2D eigenvalue weighted by molar-refractivity contribution is 5.87. The quantitative estimate of drug-likeness (QED) is 0.891. The third kappa shape index (κ3) is 3.13. The van der Waals surface area contributed by atoms with Crippen molar-refractivity contribution < 1.29 is 14.3 Å². The summed E-state index contributed by atoms with van der Waals surface area (Å²) < 4.78 is 13.0. The van der Waals surface area contributed by atoms with Gasteiger partial charge in [0.1, 0.15) is 5.82 Å². The average Bonchev–Trinajstić information content (AvgIpc) is 3.27. The number of hydrogen-bond donors (Lipinski definition) is 2. The van der Waals surface area contributed by atoms with Crippen molar-refractivity contribution >= 4 is 5.91 Å². The topological polar surface area (TPSA) is 49.3 Å². The zero-order valence-electron chi connectivity index (χ0n) is 13.0. The summed E-state index contributed by atoms with van der Waals surface area (Å²) in [6.45, 7) is 1.77. The van der Waals surface area contributed by atoms with E-state index in [4.69, 9.17) is 0 Å². The van der Waals surface area contributed by atoms with Gasteiger partial charge in [-0.1, -0.05) is 49.4 Å². The van der Waals surface area contributed by atoms with Crippen LogP contribution in [-0.2, 0) is 4.79 Å². The Morgan fingerprint density at radius 1 is 1.26 bits per heavy atom. The molecule has 120 valence electrons. The molecule has 4 heteroatoms. The summed E-state index contributed by atoms with van der Waals surface area (Å²) in [6.07, 6.45) is 0.734. The molecule has 3 rings (SSSR count). The lowest BCUT2D eigenvalue weighted by molar-refractivity contribution is -0.127. The largest absolute Gasteiger partial charge is 0.394 e. The molecule has 0 heterocycles. The van der Waals surface area contributed by atoms with Crippen LogP contribution in [0.5, 0.6) is 0 Å². The summed E-state index contributed by atoms with van der Waals surface area (Å²) in [7, 11) is 0. The first-order valence-electron chi connectivity index (χ1n) is 7.77. The van der Waals surface area contributed by atoms with E-state index >= 15 is 0 Å². The second-order valence-electron chi connectivity index (χ2n) is 6.35. The van der Waals surface area contributed by atoms with Gasteiger partial charge in [-0.2, -0.15) is 0 Å². The highest BCUT2D eigenvalue weighted by Gasteiger charge is 2.56. The van der Waals surface area contributed by atoms with E-state index < -0.39 is 11.5 Å². The van der Waals surface area contributed by atoms with Crippen molar-refractivity contribution in [3.8, 4) is 0 Å². The van der Waals surface area contributed by atoms with Crippen LogP contribution in [0.4, 0.5) is 4.39 Å². The number of carbonyl (C=O) groups is 1. The van der Waals surface area contributed by atoms with Crippen LogP contribution in [0.15, 0.2) is 54.6 Å². The van der Waals surface area contributed by atoms with Gasteiger partial charge in [-0.15, -0.1) is 0 Å². The summed E-state index contributed by atoms with van der Waals surface area (Å²) in [5.74, 6) is -0.252. The van der Waals surface area contributed by atoms with Crippen LogP contribution in [0, 0.1) is 11.2 Å². The number of carbonyl (C=O) groups excluding carboxylic acids is 1. The fourth-order valence-corrected chi connectivity index (χ4v) is 3.04. The van der Waals surface area contributed by atoms with E-state index in [-0.39, 0.29) is 24.2 Å². The second-order valence-corrected chi connectivity index (χ2v) is 6.35. The van der Waals surface area contributed by atoms with Crippen molar-refractivity contribution in [2.45, 2.75) is 25.3 Å². The van der Waals surface area contributed by atoms with Gasteiger partial charge < -0.3 is 10.4 Å². The smallest absolute Gasteiger partial charge is 0.227 e. The minimum absolute atomic E-state index is 0.0743. The number of halogens is 1. The minimum Gasteiger partial charge on any atom is -0.394 e. The van der Waals surface area contributed by atoms with Crippen LogP contribution in [-0.4, -0.2) is 17.6 Å². The fraction of sp³-hybridized carbons (Fsp3) is 0.316. The predicted octanol–water partition coefficient (Wildman–Crippen LogP) is 3.17. The van der Waals surface area contributed by atoms with Gasteiger partial charge in [0.25, 0.3) is 0 Å². The van der Waals surface area contributed by atoms with Crippen LogP contribution in [0.2, 0.25) is 0 Å². The Hall–Kier alpha value is -2.20. The highest BCUT2D eigenvalue weighted by atomic mass is 19.1. The molecule has 1 aliphatic carbocycles. The maximum absolute atomic E-state index is 13.0. The molecule has 2 aromatic carbocycles. The summed E-state index contributed by atoms with van der Waals surface area (Å²) in [5, 5.41) is 12.5. The van der Waals surface area contributed by atoms with Crippen molar-refractivity contribution in [1.29, 1.82) is 0 Å². The normalized spacial score (nSPS) is 24.0. The van der Waals surface area contributed by atoms with Gasteiger partial charge >= 0.3 is 0 Å². The van der Waals surface area contributed by atoms with E-state index in [9.17, 15) is 14.3 Å². The number of rotatable bonds is 5. The highest BCUT2D eigenvalue weighted by Crippen LogP contribution is 2.59. The summed E-state index contributed by atoms with van der Waals surface area (Å²) in [6, 6.07) is 15.3. The Balaban J connectivity index is 1.70. The zero-order chi connectivity index (χ0) is 16.4. The Morgan fingerprint density at radius 3 is 2.52 bits per heavy atom. The van der Waals surface area contributed by atoms with Crippen LogP contribution >= 0.6 is 0 Å². The predicted molar refractivity (Wildman–Crippen MR) is 86.3 cm³/mol. The van der Waals surface area contributed by atoms with E-state index in [2.05, 4.69) is 5.32 Å². The maximum Gasteiger partial charge on any atom is 0.227 e. The fourth-order valence-electron chi connectivity index (χ4n) is 3.04. The molecular formula is C19H20FNO2. The standard InChI is InChI=1S/C19H20FNO2/c1-19(11-16(19)13-7-9-15(20)10-8-13)18(23)21-17(12-22)14-5-3-2-4-6-14/h2-10,16-17,22H,11-12H2,1H3,(H,21,23). The SMILES string of the molecule is CC1(C(=O)NC(CO)c2ccccc2)CC1c1ccc(F)cc1. The lowest BCUT2D eigenvalue weighted by Crippen LogP contribution is -2.36. The van der Waals surface area contributed by atoms with Crippen LogP contribution in [0.1, 0.15) is 36.4 Å². The van der Waals surface area contributed by atoms with Gasteiger partial charge in [0.05, 0.1) is 18.1 Å². The Morgan fingerprint density at radius 2 is 1.91 bits per heavy atom. The van der Waals surface area contributed by atoms with Crippen molar-refractivity contribution in [2.24, 2.45) is 5.41 Å². The maximum atomic E-state index is 13.0. The van der Waals surface area contributed by atoms with Gasteiger partial charge in [-0.05, 0) is 35.6 Å². The first-order chi connectivity index (χ1) is 11.0. The number of hydrogen-bond acceptors (Lipinski definition) is 2. The van der Waals surface area contributed by atoms with Crippen LogP contribution in [0.25, 0.3) is 0 Å². The molecule has 0 saturated heterocycles. The second kappa shape index (κ2) is 6.13. The Bertz CT molecular complexity index is 686.